The summed E-state index contributed by atoms with van der Waals surface area (Å²) in [5, 5.41) is 12.1. The van der Waals surface area contributed by atoms with Crippen molar-refractivity contribution in [3.63, 3.8) is 0 Å². The van der Waals surface area contributed by atoms with Crippen molar-refractivity contribution in [2.45, 2.75) is 30.3 Å². The first-order valence-electron chi connectivity index (χ1n) is 9.13. The third-order valence-electron chi connectivity index (χ3n) is 4.45. The normalized spacial score (nSPS) is 11.0. The van der Waals surface area contributed by atoms with E-state index >= 15 is 0 Å². The lowest BCUT2D eigenvalue weighted by molar-refractivity contribution is 0.610. The number of thioether (sulfide) groups is 1. The second-order valence-corrected chi connectivity index (χ2v) is 9.35. The van der Waals surface area contributed by atoms with Gasteiger partial charge in [-0.1, -0.05) is 76.2 Å². The lowest BCUT2D eigenvalue weighted by Crippen LogP contribution is -2.08. The van der Waals surface area contributed by atoms with Crippen molar-refractivity contribution in [2.75, 3.05) is 0 Å². The highest BCUT2D eigenvalue weighted by Crippen LogP contribution is 2.25. The highest BCUT2D eigenvalue weighted by Gasteiger charge is 2.14. The van der Waals surface area contributed by atoms with Gasteiger partial charge in [-0.3, -0.25) is 0 Å². The molecule has 6 heteroatoms. The van der Waals surface area contributed by atoms with Crippen molar-refractivity contribution in [2.24, 2.45) is 0 Å². The molecule has 0 aliphatic carbocycles. The predicted molar refractivity (Wildman–Crippen MR) is 121 cm³/mol. The lowest BCUT2D eigenvalue weighted by atomic mass is 10.1. The minimum absolute atomic E-state index is 0.832. The molecule has 0 fully saturated rings. The number of rotatable bonds is 8. The largest absolute Gasteiger partial charge is 0.305 e. The summed E-state index contributed by atoms with van der Waals surface area (Å²) in [6.07, 6.45) is 1.81. The molecular weight excluding hydrogens is 450 g/mol. The lowest BCUT2D eigenvalue weighted by Gasteiger charge is -2.10. The first-order chi connectivity index (χ1) is 13.8. The van der Waals surface area contributed by atoms with Crippen LogP contribution < -0.4 is 0 Å². The fourth-order valence-corrected chi connectivity index (χ4v) is 4.87. The Morgan fingerprint density at radius 1 is 0.893 bits per heavy atom. The van der Waals surface area contributed by atoms with E-state index in [0.29, 0.717) is 0 Å². The molecular formula is C22H20BrN3S2. The van der Waals surface area contributed by atoms with E-state index in [1.807, 2.05) is 0 Å². The Balaban J connectivity index is 1.52. The molecule has 0 spiro atoms. The van der Waals surface area contributed by atoms with Gasteiger partial charge in [0.25, 0.3) is 0 Å². The van der Waals surface area contributed by atoms with Gasteiger partial charge in [-0.05, 0) is 41.1 Å². The van der Waals surface area contributed by atoms with E-state index in [2.05, 4.69) is 103 Å². The van der Waals surface area contributed by atoms with E-state index in [0.717, 1.165) is 40.6 Å². The van der Waals surface area contributed by atoms with Crippen LogP contribution in [0.5, 0.6) is 0 Å². The van der Waals surface area contributed by atoms with E-state index in [1.54, 1.807) is 23.1 Å². The van der Waals surface area contributed by atoms with Crippen LogP contribution in [0.4, 0.5) is 0 Å². The summed E-state index contributed by atoms with van der Waals surface area (Å²) in [4.78, 5) is 1.32. The van der Waals surface area contributed by atoms with Crippen molar-refractivity contribution >= 4 is 39.0 Å². The summed E-state index contributed by atoms with van der Waals surface area (Å²) in [6.45, 7) is 0.889. The molecule has 3 nitrogen and oxygen atoms in total. The van der Waals surface area contributed by atoms with Crippen LogP contribution in [0.15, 0.2) is 81.7 Å². The molecule has 0 aliphatic rings. The van der Waals surface area contributed by atoms with Crippen molar-refractivity contribution in [3.8, 4) is 0 Å². The van der Waals surface area contributed by atoms with Crippen LogP contribution in [0.1, 0.15) is 21.8 Å². The maximum Gasteiger partial charge on any atom is 0.191 e. The first-order valence-corrected chi connectivity index (χ1v) is 11.8. The van der Waals surface area contributed by atoms with E-state index in [4.69, 9.17) is 0 Å². The quantitative estimate of drug-likeness (QED) is 0.286. The summed E-state index contributed by atoms with van der Waals surface area (Å²) >= 11 is 7.02. The third kappa shape index (κ3) is 5.13. The van der Waals surface area contributed by atoms with Gasteiger partial charge in [0.1, 0.15) is 5.82 Å². The van der Waals surface area contributed by atoms with Gasteiger partial charge in [-0.2, -0.15) is 0 Å². The van der Waals surface area contributed by atoms with Gasteiger partial charge in [0.2, 0.25) is 0 Å². The van der Waals surface area contributed by atoms with Gasteiger partial charge in [0.05, 0.1) is 0 Å². The molecule has 2 heterocycles. The van der Waals surface area contributed by atoms with Crippen LogP contribution in [0.2, 0.25) is 0 Å². The van der Waals surface area contributed by atoms with Crippen LogP contribution in [-0.2, 0) is 25.1 Å². The number of hydrogen-bond acceptors (Lipinski definition) is 4. The molecule has 4 aromatic rings. The van der Waals surface area contributed by atoms with Crippen LogP contribution in [0.25, 0.3) is 0 Å². The summed E-state index contributed by atoms with van der Waals surface area (Å²) in [6, 6.07) is 23.3. The van der Waals surface area contributed by atoms with E-state index in [1.165, 1.54) is 16.0 Å². The first kappa shape index (κ1) is 19.4. The van der Waals surface area contributed by atoms with Crippen LogP contribution in [0, 0.1) is 0 Å². The van der Waals surface area contributed by atoms with Gasteiger partial charge in [0.15, 0.2) is 5.16 Å². The molecule has 2 aromatic carbocycles. The smallest absolute Gasteiger partial charge is 0.191 e. The van der Waals surface area contributed by atoms with Crippen molar-refractivity contribution in [1.82, 2.24) is 14.8 Å². The Morgan fingerprint density at radius 3 is 2.46 bits per heavy atom. The molecule has 0 aliphatic heterocycles. The zero-order valence-corrected chi connectivity index (χ0v) is 18.5. The number of aromatic nitrogens is 3. The maximum atomic E-state index is 4.52. The summed E-state index contributed by atoms with van der Waals surface area (Å²) < 4.78 is 3.39. The van der Waals surface area contributed by atoms with Crippen molar-refractivity contribution in [1.29, 1.82) is 0 Å². The Labute approximate surface area is 182 Å². The topological polar surface area (TPSA) is 30.7 Å². The second kappa shape index (κ2) is 9.54. The zero-order chi connectivity index (χ0) is 19.2. The van der Waals surface area contributed by atoms with Gasteiger partial charge in [0, 0.05) is 28.1 Å². The van der Waals surface area contributed by atoms with E-state index in [-0.39, 0.29) is 0 Å². The summed E-state index contributed by atoms with van der Waals surface area (Å²) in [5.74, 6) is 1.92. The molecule has 142 valence electrons. The van der Waals surface area contributed by atoms with Gasteiger partial charge in [-0.15, -0.1) is 21.5 Å². The number of halogens is 1. The fraction of sp³-hybridized carbons (Fsp3) is 0.182. The highest BCUT2D eigenvalue weighted by molar-refractivity contribution is 9.10. The van der Waals surface area contributed by atoms with Crippen LogP contribution in [-0.4, -0.2) is 14.8 Å². The average molecular weight is 470 g/mol. The Hall–Kier alpha value is -1.89. The van der Waals surface area contributed by atoms with E-state index < -0.39 is 0 Å². The highest BCUT2D eigenvalue weighted by atomic mass is 79.9. The monoisotopic (exact) mass is 469 g/mol. The fourth-order valence-electron chi connectivity index (χ4n) is 2.96. The molecule has 0 radical (unpaired) electrons. The Kier molecular flexibility index (Phi) is 6.62. The average Bonchev–Trinajstić information content (AvgIpc) is 3.37. The molecule has 28 heavy (non-hydrogen) atoms. The number of aryl methyl sites for hydroxylation is 1. The predicted octanol–water partition coefficient (Wildman–Crippen LogP) is 6.23. The summed E-state index contributed by atoms with van der Waals surface area (Å²) in [5.41, 5.74) is 2.62. The maximum absolute atomic E-state index is 4.52. The molecule has 4 rings (SSSR count). The molecule has 0 N–H and O–H groups in total. The molecule has 0 saturated heterocycles. The Bertz CT molecular complexity index is 996. The molecule has 0 atom stereocenters. The number of nitrogens with zero attached hydrogens (tertiary/aromatic N) is 3. The minimum Gasteiger partial charge on any atom is -0.305 e. The summed E-state index contributed by atoms with van der Waals surface area (Å²) in [7, 11) is 0. The number of hydrogen-bond donors (Lipinski definition) is 0. The zero-order valence-electron chi connectivity index (χ0n) is 15.3. The van der Waals surface area contributed by atoms with Gasteiger partial charge >= 0.3 is 0 Å². The molecule has 0 unspecified atom stereocenters. The number of thiophene rings is 1. The molecule has 0 bridgehead atoms. The molecule has 0 amide bonds. The molecule has 2 aromatic heterocycles. The molecule has 0 saturated carbocycles. The van der Waals surface area contributed by atoms with Crippen molar-refractivity contribution < 1.29 is 0 Å². The standard InChI is InChI=1S/C22H20BrN3S2/c23-19-10-8-18(9-11-19)16-28-22-25-24-21(15-20-7-4-14-27-20)26(22)13-12-17-5-2-1-3-6-17/h1-11,14H,12-13,15-16H2. The van der Waals surface area contributed by atoms with Crippen LogP contribution in [0.3, 0.4) is 0 Å². The van der Waals surface area contributed by atoms with Crippen molar-refractivity contribution in [3.05, 3.63) is 98.4 Å². The van der Waals surface area contributed by atoms with Gasteiger partial charge in [-0.25, -0.2) is 0 Å². The Morgan fingerprint density at radius 2 is 1.71 bits per heavy atom. The van der Waals surface area contributed by atoms with Crippen LogP contribution >= 0.6 is 39.0 Å². The third-order valence-corrected chi connectivity index (χ3v) is 6.90. The van der Waals surface area contributed by atoms with E-state index in [9.17, 15) is 0 Å². The number of benzene rings is 2. The minimum atomic E-state index is 0.832. The van der Waals surface area contributed by atoms with Gasteiger partial charge < -0.3 is 4.57 Å². The SMILES string of the molecule is Brc1ccc(CSc2nnc(Cc3cccs3)n2CCc2ccccc2)cc1. The second-order valence-electron chi connectivity index (χ2n) is 6.46.